The highest BCUT2D eigenvalue weighted by atomic mass is 19.4. The second-order valence-electron chi connectivity index (χ2n) is 3.88. The molecule has 21 heavy (non-hydrogen) atoms. The number of aromatic hydroxyl groups is 1. The van der Waals surface area contributed by atoms with Gasteiger partial charge in [0.25, 0.3) is 0 Å². The molecule has 0 aliphatic carbocycles. The molecule has 0 unspecified atom stereocenters. The number of hydrogen-bond acceptors (Lipinski definition) is 1. The van der Waals surface area contributed by atoms with E-state index in [4.69, 9.17) is 5.11 Å². The molecule has 120 valence electrons. The van der Waals surface area contributed by atoms with Crippen molar-refractivity contribution in [1.82, 2.24) is 0 Å². The van der Waals surface area contributed by atoms with Gasteiger partial charge in [-0.15, -0.1) is 0 Å². The number of alkyl halides is 10. The zero-order valence-electron chi connectivity index (χ0n) is 9.46. The Morgan fingerprint density at radius 3 is 1.48 bits per heavy atom. The smallest absolute Gasteiger partial charge is 0.458 e. The van der Waals surface area contributed by atoms with Crippen LogP contribution in [0.25, 0.3) is 0 Å². The summed E-state index contributed by atoms with van der Waals surface area (Å²) in [6, 6.07) is -0.918. The van der Waals surface area contributed by atoms with Crippen molar-refractivity contribution in [2.75, 3.05) is 0 Å². The first-order chi connectivity index (χ1) is 9.12. The van der Waals surface area contributed by atoms with Crippen LogP contribution in [0.3, 0.4) is 0 Å². The van der Waals surface area contributed by atoms with Crippen molar-refractivity contribution in [3.05, 3.63) is 29.3 Å². The molecule has 0 aromatic heterocycles. The van der Waals surface area contributed by atoms with E-state index in [-0.39, 0.29) is 12.1 Å². The van der Waals surface area contributed by atoms with E-state index >= 15 is 0 Å². The molecule has 0 fully saturated rings. The fourth-order valence-electron chi connectivity index (χ4n) is 1.30. The molecule has 0 aliphatic rings. The first-order valence-electron chi connectivity index (χ1n) is 4.85. The largest absolute Gasteiger partial charge is 0.507 e. The van der Waals surface area contributed by atoms with Gasteiger partial charge in [0.15, 0.2) is 0 Å². The van der Waals surface area contributed by atoms with Crippen molar-refractivity contribution in [3.8, 4) is 5.75 Å². The van der Waals surface area contributed by atoms with Gasteiger partial charge in [0.2, 0.25) is 0 Å². The van der Waals surface area contributed by atoms with Crippen LogP contribution in [0.15, 0.2) is 18.2 Å². The van der Waals surface area contributed by atoms with Crippen LogP contribution in [0.2, 0.25) is 0 Å². The molecule has 1 nitrogen and oxygen atoms in total. The number of halogens is 10. The monoisotopic (exact) mass is 330 g/mol. The highest BCUT2D eigenvalue weighted by Gasteiger charge is 2.62. The van der Waals surface area contributed by atoms with E-state index in [1.165, 1.54) is 0 Å². The van der Waals surface area contributed by atoms with E-state index in [0.717, 1.165) is 0 Å². The lowest BCUT2D eigenvalue weighted by molar-refractivity contribution is -0.292. The van der Waals surface area contributed by atoms with E-state index in [2.05, 4.69) is 0 Å². The normalized spacial score (nSPS) is 14.4. The summed E-state index contributed by atoms with van der Waals surface area (Å²) in [6.45, 7) is 0. The number of benzene rings is 1. The van der Waals surface area contributed by atoms with E-state index in [1.54, 1.807) is 0 Å². The van der Waals surface area contributed by atoms with Crippen molar-refractivity contribution >= 4 is 0 Å². The van der Waals surface area contributed by atoms with E-state index in [9.17, 15) is 43.9 Å². The lowest BCUT2D eigenvalue weighted by Crippen LogP contribution is -2.36. The molecular formula is C10H4F10O. The lowest BCUT2D eigenvalue weighted by atomic mass is 9.99. The fraction of sp³-hybridized carbons (Fsp3) is 0.400. The number of rotatable bonds is 2. The molecule has 1 aromatic carbocycles. The van der Waals surface area contributed by atoms with Gasteiger partial charge in [-0.3, -0.25) is 0 Å². The van der Waals surface area contributed by atoms with Crippen LogP contribution in [0, 0.1) is 0 Å². The van der Waals surface area contributed by atoms with Gasteiger partial charge >= 0.3 is 24.2 Å². The third kappa shape index (κ3) is 2.86. The summed E-state index contributed by atoms with van der Waals surface area (Å²) in [7, 11) is 0. The molecule has 0 heterocycles. The van der Waals surface area contributed by atoms with Crippen LogP contribution in [0.5, 0.6) is 5.75 Å². The summed E-state index contributed by atoms with van der Waals surface area (Å²) in [6.07, 6.45) is -12.5. The van der Waals surface area contributed by atoms with E-state index in [0.29, 0.717) is 0 Å². The maximum atomic E-state index is 13.0. The molecule has 1 aromatic rings. The molecule has 0 saturated heterocycles. The van der Waals surface area contributed by atoms with Crippen LogP contribution >= 0.6 is 0 Å². The summed E-state index contributed by atoms with van der Waals surface area (Å²) >= 11 is 0. The molecular weight excluding hydrogens is 326 g/mol. The Balaban J connectivity index is 3.50. The average Bonchev–Trinajstić information content (AvgIpc) is 2.25. The maximum Gasteiger partial charge on any atom is 0.458 e. The van der Waals surface area contributed by atoms with Gasteiger partial charge < -0.3 is 5.11 Å². The SMILES string of the molecule is Oc1ccc(C(F)(F)C(F)(F)F)cc1C(F)(F)C(F)(F)F. The Morgan fingerprint density at radius 1 is 0.667 bits per heavy atom. The fourth-order valence-corrected chi connectivity index (χ4v) is 1.30. The number of phenols is 1. The van der Waals surface area contributed by atoms with Crippen molar-refractivity contribution in [2.45, 2.75) is 24.2 Å². The third-order valence-corrected chi connectivity index (χ3v) is 2.41. The molecule has 0 spiro atoms. The molecule has 1 rings (SSSR count). The predicted octanol–water partition coefficient (Wildman–Crippen LogP) is 4.70. The van der Waals surface area contributed by atoms with Crippen LogP contribution < -0.4 is 0 Å². The van der Waals surface area contributed by atoms with Gasteiger partial charge in [-0.25, -0.2) is 0 Å². The molecule has 0 atom stereocenters. The van der Waals surface area contributed by atoms with E-state index in [1.807, 2.05) is 0 Å². The van der Waals surface area contributed by atoms with Crippen molar-refractivity contribution in [1.29, 1.82) is 0 Å². The van der Waals surface area contributed by atoms with Gasteiger partial charge in [0.1, 0.15) is 5.75 Å². The second kappa shape index (κ2) is 4.67. The van der Waals surface area contributed by atoms with Crippen LogP contribution in [0.4, 0.5) is 43.9 Å². The van der Waals surface area contributed by atoms with Crippen LogP contribution in [-0.2, 0) is 11.8 Å². The first-order valence-corrected chi connectivity index (χ1v) is 4.85. The van der Waals surface area contributed by atoms with Gasteiger partial charge in [0, 0.05) is 5.56 Å². The molecule has 0 saturated carbocycles. The quantitative estimate of drug-likeness (QED) is 0.780. The maximum absolute atomic E-state index is 13.0. The van der Waals surface area contributed by atoms with Crippen LogP contribution in [-0.4, -0.2) is 17.5 Å². The van der Waals surface area contributed by atoms with Crippen LogP contribution in [0.1, 0.15) is 11.1 Å². The Hall–Kier alpha value is -1.68. The highest BCUT2D eigenvalue weighted by molar-refractivity contribution is 5.41. The molecule has 0 amide bonds. The third-order valence-electron chi connectivity index (χ3n) is 2.41. The van der Waals surface area contributed by atoms with Crippen molar-refractivity contribution < 1.29 is 49.0 Å². The Morgan fingerprint density at radius 2 is 1.10 bits per heavy atom. The molecule has 0 radical (unpaired) electrons. The summed E-state index contributed by atoms with van der Waals surface area (Å²) < 4.78 is 124. The zero-order valence-corrected chi connectivity index (χ0v) is 9.46. The van der Waals surface area contributed by atoms with E-state index < -0.39 is 47.1 Å². The predicted molar refractivity (Wildman–Crippen MR) is 48.0 cm³/mol. The first kappa shape index (κ1) is 17.4. The van der Waals surface area contributed by atoms with Gasteiger partial charge in [-0.1, -0.05) is 0 Å². The van der Waals surface area contributed by atoms with Gasteiger partial charge in [-0.05, 0) is 18.2 Å². The topological polar surface area (TPSA) is 20.2 Å². The lowest BCUT2D eigenvalue weighted by Gasteiger charge is -2.24. The Kier molecular flexibility index (Phi) is 3.86. The van der Waals surface area contributed by atoms with Gasteiger partial charge in [-0.2, -0.15) is 43.9 Å². The zero-order chi connectivity index (χ0) is 16.9. The summed E-state index contributed by atoms with van der Waals surface area (Å²) in [4.78, 5) is 0. The standard InChI is InChI=1S/C10H4F10O/c11-7(12,9(15,16)17)4-1-2-6(21)5(3-4)8(13,14)10(18,19)20/h1-3,21H. The molecule has 0 bridgehead atoms. The summed E-state index contributed by atoms with van der Waals surface area (Å²) in [5.41, 5.74) is -4.54. The van der Waals surface area contributed by atoms with Crippen molar-refractivity contribution in [3.63, 3.8) is 0 Å². The summed E-state index contributed by atoms with van der Waals surface area (Å²) in [5, 5.41) is 8.90. The van der Waals surface area contributed by atoms with Gasteiger partial charge in [0.05, 0.1) is 5.56 Å². The summed E-state index contributed by atoms with van der Waals surface area (Å²) in [5.74, 6) is -13.2. The Labute approximate surface area is 109 Å². The average molecular weight is 330 g/mol. The Bertz CT molecular complexity index is 528. The number of hydrogen-bond donors (Lipinski definition) is 1. The minimum Gasteiger partial charge on any atom is -0.507 e. The van der Waals surface area contributed by atoms with Crippen molar-refractivity contribution in [2.24, 2.45) is 0 Å². The minimum absolute atomic E-state index is 0.0933. The second-order valence-corrected chi connectivity index (χ2v) is 3.88. The minimum atomic E-state index is -6.28. The molecule has 11 heteroatoms. The highest BCUT2D eigenvalue weighted by Crippen LogP contribution is 2.50. The molecule has 0 aliphatic heterocycles. The number of phenolic OH excluding ortho intramolecular Hbond substituents is 1. The molecule has 1 N–H and O–H groups in total.